The summed E-state index contributed by atoms with van der Waals surface area (Å²) < 4.78 is 10.8. The van der Waals surface area contributed by atoms with Gasteiger partial charge >= 0.3 is 5.97 Å². The number of hydrogen-bond acceptors (Lipinski definition) is 3. The molecule has 1 saturated carbocycles. The molecule has 3 nitrogen and oxygen atoms in total. The molecule has 1 fully saturated rings. The molecule has 0 aliphatic heterocycles. The van der Waals surface area contributed by atoms with Gasteiger partial charge in [0.05, 0.1) is 25.7 Å². The van der Waals surface area contributed by atoms with Gasteiger partial charge in [0.2, 0.25) is 0 Å². The lowest BCUT2D eigenvalue weighted by molar-refractivity contribution is -0.147. The van der Waals surface area contributed by atoms with Crippen LogP contribution < -0.4 is 0 Å². The van der Waals surface area contributed by atoms with E-state index in [1.54, 1.807) is 0 Å². The highest BCUT2D eigenvalue weighted by Crippen LogP contribution is 2.27. The molecule has 0 N–H and O–H groups in total. The Hall–Kier alpha value is -1.35. The highest BCUT2D eigenvalue weighted by molar-refractivity contribution is 5.72. The van der Waals surface area contributed by atoms with Gasteiger partial charge in [-0.05, 0) is 56.2 Å². The number of rotatable bonds is 4. The van der Waals surface area contributed by atoms with Crippen LogP contribution >= 0.6 is 0 Å². The first kappa shape index (κ1) is 15.0. The van der Waals surface area contributed by atoms with Gasteiger partial charge in [0, 0.05) is 0 Å². The monoisotopic (exact) mass is 276 g/mol. The molecular weight excluding hydrogens is 252 g/mol. The number of esters is 1. The van der Waals surface area contributed by atoms with E-state index in [4.69, 9.17) is 9.47 Å². The maximum atomic E-state index is 11.5. The lowest BCUT2D eigenvalue weighted by Crippen LogP contribution is -2.26. The van der Waals surface area contributed by atoms with Gasteiger partial charge in [-0.15, -0.1) is 0 Å². The van der Waals surface area contributed by atoms with E-state index in [-0.39, 0.29) is 18.0 Å². The number of ether oxygens (including phenoxy) is 2. The SMILES string of the molecule is COC(=O)C1CCC(OCc2ccc(C)c(C)c2)CC1. The second-order valence-electron chi connectivity index (χ2n) is 5.73. The normalized spacial score (nSPS) is 22.6. The summed E-state index contributed by atoms with van der Waals surface area (Å²) in [5, 5.41) is 0. The van der Waals surface area contributed by atoms with Gasteiger partial charge in [0.25, 0.3) is 0 Å². The van der Waals surface area contributed by atoms with Crippen LogP contribution in [0.2, 0.25) is 0 Å². The molecule has 0 amide bonds. The minimum absolute atomic E-state index is 0.0708. The molecule has 0 heterocycles. The lowest BCUT2D eigenvalue weighted by atomic mass is 9.87. The van der Waals surface area contributed by atoms with Crippen LogP contribution in [0.5, 0.6) is 0 Å². The zero-order chi connectivity index (χ0) is 14.5. The van der Waals surface area contributed by atoms with Crippen molar-refractivity contribution in [1.82, 2.24) is 0 Å². The molecule has 0 radical (unpaired) electrons. The van der Waals surface area contributed by atoms with Crippen molar-refractivity contribution >= 4 is 5.97 Å². The minimum Gasteiger partial charge on any atom is -0.469 e. The molecule has 110 valence electrons. The molecule has 2 rings (SSSR count). The summed E-state index contributed by atoms with van der Waals surface area (Å²) in [4.78, 5) is 11.5. The molecule has 0 unspecified atom stereocenters. The quantitative estimate of drug-likeness (QED) is 0.789. The number of carbonyl (C=O) groups excluding carboxylic acids is 1. The molecule has 0 aromatic heterocycles. The molecule has 0 bridgehead atoms. The first-order valence-electron chi connectivity index (χ1n) is 7.35. The van der Waals surface area contributed by atoms with Crippen molar-refractivity contribution in [3.05, 3.63) is 34.9 Å². The summed E-state index contributed by atoms with van der Waals surface area (Å²) in [6.07, 6.45) is 3.93. The predicted molar refractivity (Wildman–Crippen MR) is 78.5 cm³/mol. The van der Waals surface area contributed by atoms with Crippen LogP contribution in [0.1, 0.15) is 42.4 Å². The number of benzene rings is 1. The fourth-order valence-corrected chi connectivity index (χ4v) is 2.74. The Bertz CT molecular complexity index is 459. The average molecular weight is 276 g/mol. The molecule has 0 atom stereocenters. The molecule has 3 heteroatoms. The summed E-state index contributed by atoms with van der Waals surface area (Å²) in [5.41, 5.74) is 3.84. The third-order valence-electron chi connectivity index (χ3n) is 4.27. The lowest BCUT2D eigenvalue weighted by Gasteiger charge is -2.27. The van der Waals surface area contributed by atoms with Gasteiger partial charge in [0.15, 0.2) is 0 Å². The maximum absolute atomic E-state index is 11.5. The fourth-order valence-electron chi connectivity index (χ4n) is 2.74. The molecule has 1 aliphatic carbocycles. The van der Waals surface area contributed by atoms with Crippen molar-refractivity contribution in [2.24, 2.45) is 5.92 Å². The van der Waals surface area contributed by atoms with Crippen LogP contribution in [0.3, 0.4) is 0 Å². The summed E-state index contributed by atoms with van der Waals surface area (Å²) in [5.74, 6) is -0.000853. The minimum atomic E-state index is -0.0717. The average Bonchev–Trinajstić information content (AvgIpc) is 2.48. The number of hydrogen-bond donors (Lipinski definition) is 0. The van der Waals surface area contributed by atoms with Crippen LogP contribution in [0.4, 0.5) is 0 Å². The van der Waals surface area contributed by atoms with E-state index in [0.29, 0.717) is 6.61 Å². The van der Waals surface area contributed by atoms with Crippen LogP contribution in [0.15, 0.2) is 18.2 Å². The molecule has 0 spiro atoms. The third kappa shape index (κ3) is 3.83. The van der Waals surface area contributed by atoms with Crippen molar-refractivity contribution in [3.8, 4) is 0 Å². The first-order chi connectivity index (χ1) is 9.60. The van der Waals surface area contributed by atoms with Gasteiger partial charge < -0.3 is 9.47 Å². The van der Waals surface area contributed by atoms with E-state index >= 15 is 0 Å². The highest BCUT2D eigenvalue weighted by atomic mass is 16.5. The summed E-state index contributed by atoms with van der Waals surface area (Å²) in [6, 6.07) is 6.46. The largest absolute Gasteiger partial charge is 0.469 e. The van der Waals surface area contributed by atoms with Crippen molar-refractivity contribution in [3.63, 3.8) is 0 Å². The Kier molecular flexibility index (Phi) is 5.18. The van der Waals surface area contributed by atoms with Crippen molar-refractivity contribution in [2.75, 3.05) is 7.11 Å². The van der Waals surface area contributed by atoms with Crippen LogP contribution in [-0.4, -0.2) is 19.2 Å². The second kappa shape index (κ2) is 6.89. The van der Waals surface area contributed by atoms with Crippen LogP contribution in [0, 0.1) is 19.8 Å². The Morgan fingerprint density at radius 1 is 1.15 bits per heavy atom. The number of aryl methyl sites for hydroxylation is 2. The number of carbonyl (C=O) groups is 1. The van der Waals surface area contributed by atoms with Gasteiger partial charge in [0.1, 0.15) is 0 Å². The Morgan fingerprint density at radius 2 is 1.85 bits per heavy atom. The van der Waals surface area contributed by atoms with Crippen LogP contribution in [0.25, 0.3) is 0 Å². The topological polar surface area (TPSA) is 35.5 Å². The first-order valence-corrected chi connectivity index (χ1v) is 7.35. The van der Waals surface area contributed by atoms with Gasteiger partial charge in [-0.25, -0.2) is 0 Å². The van der Waals surface area contributed by atoms with E-state index in [9.17, 15) is 4.79 Å². The standard InChI is InChI=1S/C17H24O3/c1-12-4-5-14(10-13(12)2)11-20-16-8-6-15(7-9-16)17(18)19-3/h4-5,10,15-16H,6-9,11H2,1-3H3. The fraction of sp³-hybridized carbons (Fsp3) is 0.588. The van der Waals surface area contributed by atoms with Gasteiger partial charge in [-0.3, -0.25) is 4.79 Å². The van der Waals surface area contributed by atoms with E-state index in [0.717, 1.165) is 25.7 Å². The molecular formula is C17H24O3. The van der Waals surface area contributed by atoms with Gasteiger partial charge in [-0.2, -0.15) is 0 Å². The number of methoxy groups -OCH3 is 1. The Morgan fingerprint density at radius 3 is 2.45 bits per heavy atom. The van der Waals surface area contributed by atoms with Crippen molar-refractivity contribution < 1.29 is 14.3 Å². The van der Waals surface area contributed by atoms with E-state index in [2.05, 4.69) is 32.0 Å². The Labute approximate surface area is 121 Å². The van der Waals surface area contributed by atoms with E-state index < -0.39 is 0 Å². The zero-order valence-electron chi connectivity index (χ0n) is 12.6. The zero-order valence-corrected chi connectivity index (χ0v) is 12.6. The highest BCUT2D eigenvalue weighted by Gasteiger charge is 2.27. The second-order valence-corrected chi connectivity index (χ2v) is 5.73. The van der Waals surface area contributed by atoms with E-state index in [1.807, 2.05) is 0 Å². The summed E-state index contributed by atoms with van der Waals surface area (Å²) in [6.45, 7) is 4.91. The summed E-state index contributed by atoms with van der Waals surface area (Å²) >= 11 is 0. The maximum Gasteiger partial charge on any atom is 0.308 e. The summed E-state index contributed by atoms with van der Waals surface area (Å²) in [7, 11) is 1.46. The molecule has 1 aliphatic rings. The molecule has 20 heavy (non-hydrogen) atoms. The third-order valence-corrected chi connectivity index (χ3v) is 4.27. The Balaban J connectivity index is 1.78. The predicted octanol–water partition coefficient (Wildman–Crippen LogP) is 3.55. The molecule has 1 aromatic carbocycles. The van der Waals surface area contributed by atoms with Crippen LogP contribution in [-0.2, 0) is 20.9 Å². The molecule has 0 saturated heterocycles. The van der Waals surface area contributed by atoms with Gasteiger partial charge in [-0.1, -0.05) is 18.2 Å². The smallest absolute Gasteiger partial charge is 0.308 e. The van der Waals surface area contributed by atoms with Crippen molar-refractivity contribution in [1.29, 1.82) is 0 Å². The van der Waals surface area contributed by atoms with Crippen molar-refractivity contribution in [2.45, 2.75) is 52.2 Å². The van der Waals surface area contributed by atoms with E-state index in [1.165, 1.54) is 23.8 Å². The molecule has 1 aromatic rings.